The van der Waals surface area contributed by atoms with Gasteiger partial charge in [-0.15, -0.1) is 22.7 Å². The summed E-state index contributed by atoms with van der Waals surface area (Å²) >= 11 is 3.20. The lowest BCUT2D eigenvalue weighted by atomic mass is 9.82. The Bertz CT molecular complexity index is 995. The molecule has 3 saturated heterocycles. The summed E-state index contributed by atoms with van der Waals surface area (Å²) in [6, 6.07) is 17.2. The first-order chi connectivity index (χ1) is 15.1. The zero-order valence-electron chi connectivity index (χ0n) is 17.5. The maximum atomic E-state index is 13.5. The van der Waals surface area contributed by atoms with E-state index in [-0.39, 0.29) is 6.10 Å². The van der Waals surface area contributed by atoms with Crippen molar-refractivity contribution in [3.05, 3.63) is 80.7 Å². The van der Waals surface area contributed by atoms with Gasteiger partial charge in [-0.2, -0.15) is 0 Å². The van der Waals surface area contributed by atoms with Gasteiger partial charge in [0.1, 0.15) is 6.54 Å². The fraction of sp³-hybridized carbons (Fsp3) is 0.400. The number of esters is 1. The molecule has 1 N–H and O–H groups in total. The molecule has 4 nitrogen and oxygen atoms in total. The molecule has 0 unspecified atom stereocenters. The number of rotatable bonds is 7. The van der Waals surface area contributed by atoms with Crippen molar-refractivity contribution >= 4 is 28.6 Å². The maximum Gasteiger partial charge on any atom is 0.349 e. The number of fused-ring (bicyclic) bond motifs is 3. The Balaban J connectivity index is 1.35. The van der Waals surface area contributed by atoms with Crippen molar-refractivity contribution in [2.75, 3.05) is 26.2 Å². The quantitative estimate of drug-likeness (QED) is 0.424. The zero-order valence-corrected chi connectivity index (χ0v) is 19.1. The van der Waals surface area contributed by atoms with Crippen LogP contribution in [0.1, 0.15) is 28.2 Å². The fourth-order valence-electron chi connectivity index (χ4n) is 5.22. The number of carbonyl (C=O) groups excluding carboxylic acids is 1. The van der Waals surface area contributed by atoms with Crippen LogP contribution in [-0.2, 0) is 21.6 Å². The Labute approximate surface area is 191 Å². The van der Waals surface area contributed by atoms with Crippen LogP contribution in [0.4, 0.5) is 0 Å². The largest absolute Gasteiger partial charge is 0.453 e. The number of quaternary nitrogens is 1. The van der Waals surface area contributed by atoms with E-state index in [1.54, 1.807) is 12.1 Å². The van der Waals surface area contributed by atoms with Crippen molar-refractivity contribution in [2.45, 2.75) is 31.0 Å². The number of benzene rings is 1. The topological polar surface area (TPSA) is 46.5 Å². The summed E-state index contributed by atoms with van der Waals surface area (Å²) in [4.78, 5) is 15.5. The highest BCUT2D eigenvalue weighted by atomic mass is 32.1. The molecule has 0 radical (unpaired) electrons. The predicted molar refractivity (Wildman–Crippen MR) is 124 cm³/mol. The van der Waals surface area contributed by atoms with Crippen molar-refractivity contribution in [2.24, 2.45) is 5.92 Å². The van der Waals surface area contributed by atoms with Gasteiger partial charge in [0.15, 0.2) is 6.10 Å². The summed E-state index contributed by atoms with van der Waals surface area (Å²) in [7, 11) is 0. The zero-order chi connectivity index (χ0) is 21.3. The van der Waals surface area contributed by atoms with E-state index in [0.717, 1.165) is 49.9 Å². The normalized spacial score (nSPS) is 27.0. The number of hydrogen-bond acceptors (Lipinski definition) is 5. The van der Waals surface area contributed by atoms with E-state index < -0.39 is 11.6 Å². The lowest BCUT2D eigenvalue weighted by Crippen LogP contribution is -2.65. The Kier molecular flexibility index (Phi) is 5.73. The molecule has 0 aliphatic carbocycles. The van der Waals surface area contributed by atoms with Gasteiger partial charge in [-0.05, 0) is 22.9 Å². The van der Waals surface area contributed by atoms with Crippen LogP contribution < -0.4 is 0 Å². The molecule has 1 aromatic carbocycles. The van der Waals surface area contributed by atoms with Crippen LogP contribution in [0.2, 0.25) is 0 Å². The van der Waals surface area contributed by atoms with Gasteiger partial charge < -0.3 is 14.3 Å². The van der Waals surface area contributed by atoms with E-state index >= 15 is 0 Å². The number of carbonyl (C=O) groups is 1. The number of thiophene rings is 2. The van der Waals surface area contributed by atoms with Crippen molar-refractivity contribution in [3.8, 4) is 0 Å². The standard InChI is InChI=1S/C25H28NO3S2/c27-24(25(28,23-9-5-17-31-23)20-6-2-1-3-7-20)29-22-18-26(13-10-19(22)11-14-26)15-12-21-8-4-16-30-21/h1-9,16-17,19,22,28H,10-15,18H2/q+1/t19?,22-,25-,26?/m0/s1. The first-order valence-electron chi connectivity index (χ1n) is 11.0. The minimum Gasteiger partial charge on any atom is -0.453 e. The molecule has 2 atom stereocenters. The molecular weight excluding hydrogens is 426 g/mol. The second-order valence-corrected chi connectivity index (χ2v) is 10.8. The lowest BCUT2D eigenvalue weighted by molar-refractivity contribution is -0.946. The summed E-state index contributed by atoms with van der Waals surface area (Å²) < 4.78 is 7.16. The van der Waals surface area contributed by atoms with E-state index in [9.17, 15) is 9.90 Å². The summed E-state index contributed by atoms with van der Waals surface area (Å²) in [5.41, 5.74) is -1.20. The number of aliphatic hydroxyl groups is 1. The maximum absolute atomic E-state index is 13.5. The molecule has 3 fully saturated rings. The molecule has 6 heteroatoms. The smallest absolute Gasteiger partial charge is 0.349 e. The molecule has 3 aliphatic rings. The molecule has 3 aromatic rings. The predicted octanol–water partition coefficient (Wildman–Crippen LogP) is 4.44. The first-order valence-corrected chi connectivity index (χ1v) is 12.8. The summed E-state index contributed by atoms with van der Waals surface area (Å²) in [6.07, 6.45) is 3.12. The fourth-order valence-corrected chi connectivity index (χ4v) is 6.75. The molecule has 31 heavy (non-hydrogen) atoms. The van der Waals surface area contributed by atoms with E-state index in [0.29, 0.717) is 16.4 Å². The minimum atomic E-state index is -1.76. The third-order valence-corrected chi connectivity index (χ3v) is 8.99. The molecule has 6 rings (SSSR count). The van der Waals surface area contributed by atoms with Crippen LogP contribution in [0.3, 0.4) is 0 Å². The summed E-state index contributed by atoms with van der Waals surface area (Å²) in [5, 5.41) is 15.7. The number of hydrogen-bond donors (Lipinski definition) is 1. The van der Waals surface area contributed by atoms with Crippen LogP contribution >= 0.6 is 22.7 Å². The average Bonchev–Trinajstić information content (AvgIpc) is 3.53. The highest BCUT2D eigenvalue weighted by Crippen LogP contribution is 2.39. The van der Waals surface area contributed by atoms with Gasteiger partial charge in [0.25, 0.3) is 0 Å². The van der Waals surface area contributed by atoms with Crippen LogP contribution in [0.25, 0.3) is 0 Å². The molecule has 0 saturated carbocycles. The summed E-state index contributed by atoms with van der Waals surface area (Å²) in [6.45, 7) is 4.28. The molecule has 0 amide bonds. The van der Waals surface area contributed by atoms with Crippen molar-refractivity contribution in [1.29, 1.82) is 0 Å². The third kappa shape index (κ3) is 3.98. The molecule has 2 bridgehead atoms. The highest BCUT2D eigenvalue weighted by Gasteiger charge is 2.50. The highest BCUT2D eigenvalue weighted by molar-refractivity contribution is 7.10. The molecule has 2 aromatic heterocycles. The molecule has 0 spiro atoms. The van der Waals surface area contributed by atoms with E-state index in [1.165, 1.54) is 16.2 Å². The number of piperidine rings is 3. The van der Waals surface area contributed by atoms with Gasteiger partial charge in [-0.3, -0.25) is 0 Å². The second kappa shape index (κ2) is 8.51. The molecular formula is C25H28NO3S2+. The minimum absolute atomic E-state index is 0.131. The number of nitrogens with zero attached hydrogens (tertiary/aromatic N) is 1. The Morgan fingerprint density at radius 1 is 1.03 bits per heavy atom. The third-order valence-electron chi connectivity index (χ3n) is 7.08. The Morgan fingerprint density at radius 2 is 1.77 bits per heavy atom. The van der Waals surface area contributed by atoms with Crippen LogP contribution in [0, 0.1) is 5.92 Å². The summed E-state index contributed by atoms with van der Waals surface area (Å²) in [5.74, 6) is -0.148. The molecule has 3 aliphatic heterocycles. The van der Waals surface area contributed by atoms with E-state index in [1.807, 2.05) is 47.0 Å². The number of ether oxygens (including phenoxy) is 1. The Morgan fingerprint density at radius 3 is 2.45 bits per heavy atom. The van der Waals surface area contributed by atoms with Crippen LogP contribution in [-0.4, -0.2) is 47.8 Å². The van der Waals surface area contributed by atoms with Gasteiger partial charge in [-0.1, -0.05) is 42.5 Å². The van der Waals surface area contributed by atoms with Gasteiger partial charge in [0.05, 0.1) is 24.5 Å². The van der Waals surface area contributed by atoms with Crippen molar-refractivity contribution < 1.29 is 19.1 Å². The molecule has 5 heterocycles. The van der Waals surface area contributed by atoms with E-state index in [4.69, 9.17) is 4.74 Å². The average molecular weight is 455 g/mol. The van der Waals surface area contributed by atoms with Gasteiger partial charge in [0, 0.05) is 35.6 Å². The van der Waals surface area contributed by atoms with Crippen molar-refractivity contribution in [1.82, 2.24) is 0 Å². The van der Waals surface area contributed by atoms with E-state index in [2.05, 4.69) is 17.5 Å². The van der Waals surface area contributed by atoms with Crippen molar-refractivity contribution in [3.63, 3.8) is 0 Å². The Hall–Kier alpha value is -1.99. The SMILES string of the molecule is O=C(O[C@H]1C[N+]2(CCc3cccs3)CCC1CC2)[C@](O)(c1ccccc1)c1cccs1. The lowest BCUT2D eigenvalue weighted by Gasteiger charge is -2.52. The second-order valence-electron chi connectivity index (χ2n) is 8.86. The van der Waals surface area contributed by atoms with Gasteiger partial charge >= 0.3 is 5.97 Å². The first kappa shape index (κ1) is 20.9. The van der Waals surface area contributed by atoms with Gasteiger partial charge in [0.2, 0.25) is 5.60 Å². The van der Waals surface area contributed by atoms with Crippen LogP contribution in [0.5, 0.6) is 0 Å². The van der Waals surface area contributed by atoms with Gasteiger partial charge in [-0.25, -0.2) is 4.79 Å². The van der Waals surface area contributed by atoms with Crippen LogP contribution in [0.15, 0.2) is 65.4 Å². The molecule has 162 valence electrons. The monoisotopic (exact) mass is 454 g/mol.